The maximum atomic E-state index is 13.7. The van der Waals surface area contributed by atoms with E-state index in [-0.39, 0.29) is 11.6 Å². The Morgan fingerprint density at radius 2 is 0.974 bits per heavy atom. The number of benzene rings is 5. The molecule has 0 bridgehead atoms. The van der Waals surface area contributed by atoms with E-state index in [9.17, 15) is 9.59 Å². The Balaban J connectivity index is 1.61. The van der Waals surface area contributed by atoms with Crippen molar-refractivity contribution in [2.24, 2.45) is 0 Å². The van der Waals surface area contributed by atoms with Gasteiger partial charge in [-0.05, 0) is 42.5 Å². The predicted molar refractivity (Wildman–Crippen MR) is 155 cm³/mol. The van der Waals surface area contributed by atoms with Gasteiger partial charge in [0.1, 0.15) is 35.1 Å². The molecule has 1 aliphatic carbocycles. The summed E-state index contributed by atoms with van der Waals surface area (Å²) < 4.78 is 5.98. The lowest BCUT2D eigenvalue weighted by atomic mass is 9.83. The van der Waals surface area contributed by atoms with Crippen molar-refractivity contribution in [3.05, 3.63) is 155 Å². The fraction of sp³-hybridized carbons (Fsp3) is 0.0588. The third kappa shape index (κ3) is 3.79. The highest BCUT2D eigenvalue weighted by atomic mass is 31.2. The molecule has 0 radical (unpaired) electrons. The average Bonchev–Trinajstić information content (AvgIpc) is 2.99. The second-order valence-corrected chi connectivity index (χ2v) is 12.8. The molecule has 0 saturated carbocycles. The maximum Gasteiger partial charge on any atom is 0.198 e. The van der Waals surface area contributed by atoms with Crippen LogP contribution in [0.5, 0.6) is 5.75 Å². The van der Waals surface area contributed by atoms with Crippen LogP contribution in [-0.2, 0) is 6.16 Å². The van der Waals surface area contributed by atoms with Crippen molar-refractivity contribution in [2.75, 3.05) is 7.11 Å². The molecule has 0 N–H and O–H groups in total. The number of hydrogen-bond donors (Lipinski definition) is 0. The minimum atomic E-state index is -2.23. The lowest BCUT2D eigenvalue weighted by molar-refractivity contribution is 0.0976. The lowest BCUT2D eigenvalue weighted by Gasteiger charge is -2.29. The van der Waals surface area contributed by atoms with E-state index in [1.165, 1.54) is 15.9 Å². The molecule has 6 rings (SSSR count). The number of fused-ring (bicyclic) bond motifs is 2. The standard InChI is InChI=1S/C34H26O3P/c1-37-34-24(21-22-30-31(34)33(36)29-20-12-11-19-28(29)32(30)35)23-38(25-13-5-2-6-14-25,26-15-7-3-8-16-26)27-17-9-4-10-18-27/h2-22H,23H2,1H3/q+1. The molecule has 1 aliphatic rings. The van der Waals surface area contributed by atoms with Gasteiger partial charge in [0, 0.05) is 22.3 Å². The van der Waals surface area contributed by atoms with Crippen molar-refractivity contribution in [3.63, 3.8) is 0 Å². The normalized spacial score (nSPS) is 12.6. The van der Waals surface area contributed by atoms with E-state index >= 15 is 0 Å². The summed E-state index contributed by atoms with van der Waals surface area (Å²) in [5, 5.41) is 3.72. The van der Waals surface area contributed by atoms with Crippen LogP contribution in [0.4, 0.5) is 0 Å². The van der Waals surface area contributed by atoms with Crippen LogP contribution in [0.3, 0.4) is 0 Å². The highest BCUT2D eigenvalue weighted by Crippen LogP contribution is 2.59. The Hall–Kier alpha value is -4.33. The maximum absolute atomic E-state index is 13.7. The Bertz CT molecular complexity index is 1550. The van der Waals surface area contributed by atoms with Crippen LogP contribution in [0, 0.1) is 0 Å². The fourth-order valence-corrected chi connectivity index (χ4v) is 9.83. The molecule has 0 atom stereocenters. The largest absolute Gasteiger partial charge is 0.496 e. The molecule has 0 fully saturated rings. The van der Waals surface area contributed by atoms with Gasteiger partial charge in [-0.1, -0.05) is 84.9 Å². The molecule has 0 saturated heterocycles. The molecule has 5 aromatic carbocycles. The summed E-state index contributed by atoms with van der Waals surface area (Å²) in [5.74, 6) is 0.176. The molecule has 4 heteroatoms. The fourth-order valence-electron chi connectivity index (χ4n) is 5.58. The summed E-state index contributed by atoms with van der Waals surface area (Å²) in [6.07, 6.45) is 0.643. The van der Waals surface area contributed by atoms with Gasteiger partial charge in [-0.25, -0.2) is 0 Å². The van der Waals surface area contributed by atoms with E-state index in [4.69, 9.17) is 4.74 Å². The number of rotatable bonds is 6. The van der Waals surface area contributed by atoms with Gasteiger partial charge >= 0.3 is 0 Å². The van der Waals surface area contributed by atoms with Gasteiger partial charge in [-0.15, -0.1) is 0 Å². The number of ether oxygens (including phenoxy) is 1. The summed E-state index contributed by atoms with van der Waals surface area (Å²) in [7, 11) is -0.640. The minimum absolute atomic E-state index is 0.143. The Morgan fingerprint density at radius 1 is 0.526 bits per heavy atom. The van der Waals surface area contributed by atoms with Crippen LogP contribution >= 0.6 is 7.26 Å². The van der Waals surface area contributed by atoms with Crippen molar-refractivity contribution in [2.45, 2.75) is 6.16 Å². The van der Waals surface area contributed by atoms with Crippen LogP contribution in [0.25, 0.3) is 0 Å². The van der Waals surface area contributed by atoms with E-state index in [0.29, 0.717) is 34.2 Å². The summed E-state index contributed by atoms with van der Waals surface area (Å²) in [4.78, 5) is 27.1. The predicted octanol–water partition coefficient (Wildman–Crippen LogP) is 5.96. The first-order chi connectivity index (χ1) is 18.6. The molecule has 5 aromatic rings. The van der Waals surface area contributed by atoms with E-state index in [2.05, 4.69) is 72.8 Å². The summed E-state index contributed by atoms with van der Waals surface area (Å²) in [6.45, 7) is 0. The van der Waals surface area contributed by atoms with Crippen molar-refractivity contribution < 1.29 is 14.3 Å². The van der Waals surface area contributed by atoms with Gasteiger partial charge in [0.15, 0.2) is 11.6 Å². The molecule has 184 valence electrons. The van der Waals surface area contributed by atoms with Crippen LogP contribution in [0.15, 0.2) is 127 Å². The number of hydrogen-bond acceptors (Lipinski definition) is 3. The molecular weight excluding hydrogens is 487 g/mol. The van der Waals surface area contributed by atoms with E-state index in [1.807, 2.05) is 24.3 Å². The van der Waals surface area contributed by atoms with E-state index in [0.717, 1.165) is 5.56 Å². The second-order valence-electron chi connectivity index (χ2n) is 9.36. The van der Waals surface area contributed by atoms with Gasteiger partial charge < -0.3 is 4.74 Å². The minimum Gasteiger partial charge on any atom is -0.496 e. The van der Waals surface area contributed by atoms with Crippen molar-refractivity contribution in [3.8, 4) is 5.75 Å². The zero-order chi connectivity index (χ0) is 26.1. The molecule has 38 heavy (non-hydrogen) atoms. The highest BCUT2D eigenvalue weighted by Gasteiger charge is 2.46. The monoisotopic (exact) mass is 513 g/mol. The molecule has 0 spiro atoms. The first kappa shape index (κ1) is 24.0. The Labute approximate surface area is 223 Å². The molecular formula is C34H26O3P+. The first-order valence-corrected chi connectivity index (χ1v) is 14.6. The molecule has 0 aromatic heterocycles. The molecule has 0 unspecified atom stereocenters. The third-order valence-corrected chi connectivity index (χ3v) is 11.7. The van der Waals surface area contributed by atoms with Crippen molar-refractivity contribution in [1.29, 1.82) is 0 Å². The quantitative estimate of drug-likeness (QED) is 0.258. The van der Waals surface area contributed by atoms with Crippen molar-refractivity contribution >= 4 is 34.7 Å². The average molecular weight is 514 g/mol. The van der Waals surface area contributed by atoms with Gasteiger partial charge in [0.05, 0.1) is 12.7 Å². The Kier molecular flexibility index (Phi) is 6.23. The number of carbonyl (C=O) groups is 2. The summed E-state index contributed by atoms with van der Waals surface area (Å²) >= 11 is 0. The summed E-state index contributed by atoms with van der Waals surface area (Å²) in [5.41, 5.74) is 2.55. The smallest absolute Gasteiger partial charge is 0.198 e. The molecule has 0 heterocycles. The number of ketones is 2. The van der Waals surface area contributed by atoms with Gasteiger partial charge in [-0.2, -0.15) is 0 Å². The first-order valence-electron chi connectivity index (χ1n) is 12.6. The van der Waals surface area contributed by atoms with Crippen LogP contribution in [-0.4, -0.2) is 18.7 Å². The van der Waals surface area contributed by atoms with Crippen LogP contribution in [0.1, 0.15) is 37.4 Å². The second kappa shape index (κ2) is 9.85. The van der Waals surface area contributed by atoms with Gasteiger partial charge in [0.2, 0.25) is 0 Å². The topological polar surface area (TPSA) is 43.4 Å². The van der Waals surface area contributed by atoms with E-state index < -0.39 is 7.26 Å². The third-order valence-electron chi connectivity index (χ3n) is 7.33. The molecule has 0 amide bonds. The van der Waals surface area contributed by atoms with E-state index in [1.54, 1.807) is 37.4 Å². The molecule has 0 aliphatic heterocycles. The zero-order valence-corrected chi connectivity index (χ0v) is 21.9. The van der Waals surface area contributed by atoms with Crippen molar-refractivity contribution in [1.82, 2.24) is 0 Å². The van der Waals surface area contributed by atoms with Crippen LogP contribution < -0.4 is 20.7 Å². The Morgan fingerprint density at radius 3 is 1.45 bits per heavy atom. The van der Waals surface area contributed by atoms with Crippen LogP contribution in [0.2, 0.25) is 0 Å². The number of methoxy groups -OCH3 is 1. The zero-order valence-electron chi connectivity index (χ0n) is 21.0. The van der Waals surface area contributed by atoms with Gasteiger partial charge in [-0.3, -0.25) is 9.59 Å². The lowest BCUT2D eigenvalue weighted by Crippen LogP contribution is -2.32. The van der Waals surface area contributed by atoms with Gasteiger partial charge in [0.25, 0.3) is 0 Å². The SMILES string of the molecule is COc1c(C[P+](c2ccccc2)(c2ccccc2)c2ccccc2)ccc2c1C(=O)c1ccccc1C2=O. The number of carbonyl (C=O) groups excluding carboxylic acids is 2. The summed E-state index contributed by atoms with van der Waals surface area (Å²) in [6, 6.07) is 42.6. The molecule has 3 nitrogen and oxygen atoms in total. The highest BCUT2D eigenvalue weighted by molar-refractivity contribution is 7.95.